The Hall–Kier alpha value is -2.70. The summed E-state index contributed by atoms with van der Waals surface area (Å²) in [5.74, 6) is -1.21. The van der Waals surface area contributed by atoms with Crippen molar-refractivity contribution >= 4 is 22.8 Å². The molecule has 92 valence electrons. The van der Waals surface area contributed by atoms with E-state index in [1.165, 1.54) is 6.92 Å². The molecule has 7 nitrogen and oxygen atoms in total. The average molecular weight is 246 g/mol. The molecular formula is C11H10N4O3. The van der Waals surface area contributed by atoms with E-state index in [2.05, 4.69) is 20.8 Å². The van der Waals surface area contributed by atoms with Gasteiger partial charge in [-0.3, -0.25) is 25.2 Å². The van der Waals surface area contributed by atoms with Crippen molar-refractivity contribution in [3.05, 3.63) is 40.3 Å². The number of hydrazine groups is 1. The first kappa shape index (κ1) is 11.8. The van der Waals surface area contributed by atoms with Gasteiger partial charge in [0.15, 0.2) is 5.69 Å². The predicted octanol–water partition coefficient (Wildman–Crippen LogP) is -0.296. The third-order valence-corrected chi connectivity index (χ3v) is 2.17. The van der Waals surface area contributed by atoms with Crippen molar-refractivity contribution in [1.29, 1.82) is 0 Å². The Balaban J connectivity index is 2.38. The van der Waals surface area contributed by atoms with Crippen LogP contribution in [-0.2, 0) is 4.79 Å². The number of H-pyrrole nitrogens is 1. The van der Waals surface area contributed by atoms with Gasteiger partial charge < -0.3 is 4.98 Å². The molecule has 1 heterocycles. The zero-order valence-electron chi connectivity index (χ0n) is 9.48. The number of aromatic amines is 1. The molecule has 0 atom stereocenters. The molecule has 0 aliphatic rings. The van der Waals surface area contributed by atoms with Gasteiger partial charge in [0, 0.05) is 6.92 Å². The van der Waals surface area contributed by atoms with Gasteiger partial charge in [0.25, 0.3) is 11.5 Å². The smallest absolute Gasteiger partial charge is 0.294 e. The average Bonchev–Trinajstić information content (AvgIpc) is 2.35. The summed E-state index contributed by atoms with van der Waals surface area (Å²) in [6.45, 7) is 1.23. The van der Waals surface area contributed by atoms with E-state index in [4.69, 9.17) is 0 Å². The number of aromatic nitrogens is 2. The number of amides is 2. The van der Waals surface area contributed by atoms with E-state index in [1.807, 2.05) is 0 Å². The Bertz CT molecular complexity index is 677. The van der Waals surface area contributed by atoms with Crippen LogP contribution in [0.5, 0.6) is 0 Å². The van der Waals surface area contributed by atoms with Crippen LogP contribution in [0.4, 0.5) is 0 Å². The van der Waals surface area contributed by atoms with Crippen LogP contribution < -0.4 is 16.4 Å². The number of hydrogen-bond donors (Lipinski definition) is 3. The number of fused-ring (bicyclic) bond motifs is 1. The van der Waals surface area contributed by atoms with Crippen LogP contribution in [0.15, 0.2) is 29.1 Å². The Morgan fingerprint density at radius 3 is 2.67 bits per heavy atom. The fourth-order valence-electron chi connectivity index (χ4n) is 1.39. The third kappa shape index (κ3) is 2.34. The summed E-state index contributed by atoms with van der Waals surface area (Å²) < 4.78 is 0. The minimum absolute atomic E-state index is 0.303. The minimum atomic E-state index is -0.766. The van der Waals surface area contributed by atoms with E-state index in [0.717, 1.165) is 0 Å². The van der Waals surface area contributed by atoms with E-state index < -0.39 is 17.4 Å². The summed E-state index contributed by atoms with van der Waals surface area (Å²) in [6, 6.07) is 6.83. The lowest BCUT2D eigenvalue weighted by Crippen LogP contribution is -2.42. The molecule has 1 aromatic heterocycles. The molecule has 3 N–H and O–H groups in total. The number of para-hydroxylation sites is 2. The van der Waals surface area contributed by atoms with Gasteiger partial charge in [-0.2, -0.15) is 0 Å². The standard InChI is InChI=1S/C11H10N4O3/c1-6(16)14-15-11(18)9-10(17)13-8-5-3-2-4-7(8)12-9/h2-5H,1H3,(H,13,17)(H,14,16)(H,15,18). The number of carbonyl (C=O) groups is 2. The highest BCUT2D eigenvalue weighted by molar-refractivity contribution is 5.94. The minimum Gasteiger partial charge on any atom is -0.319 e. The van der Waals surface area contributed by atoms with Crippen LogP contribution in [0.2, 0.25) is 0 Å². The number of nitrogens with one attached hydrogen (secondary N) is 3. The van der Waals surface area contributed by atoms with E-state index >= 15 is 0 Å². The van der Waals surface area contributed by atoms with Crippen molar-refractivity contribution in [3.63, 3.8) is 0 Å². The summed E-state index contributed by atoms with van der Waals surface area (Å²) in [5.41, 5.74) is 4.28. The molecule has 2 amide bonds. The molecule has 18 heavy (non-hydrogen) atoms. The fourth-order valence-corrected chi connectivity index (χ4v) is 1.39. The second-order valence-electron chi connectivity index (χ2n) is 3.57. The van der Waals surface area contributed by atoms with Crippen molar-refractivity contribution in [1.82, 2.24) is 20.8 Å². The lowest BCUT2D eigenvalue weighted by Gasteiger charge is -2.04. The molecule has 1 aromatic carbocycles. The lowest BCUT2D eigenvalue weighted by molar-refractivity contribution is -0.119. The fraction of sp³-hybridized carbons (Fsp3) is 0.0909. The van der Waals surface area contributed by atoms with Crippen LogP contribution in [0, 0.1) is 0 Å². The van der Waals surface area contributed by atoms with E-state index in [0.29, 0.717) is 11.0 Å². The highest BCUT2D eigenvalue weighted by atomic mass is 16.2. The number of rotatable bonds is 1. The van der Waals surface area contributed by atoms with Crippen LogP contribution >= 0.6 is 0 Å². The Morgan fingerprint density at radius 2 is 1.94 bits per heavy atom. The largest absolute Gasteiger partial charge is 0.319 e. The zero-order chi connectivity index (χ0) is 13.1. The normalized spacial score (nSPS) is 10.1. The van der Waals surface area contributed by atoms with Gasteiger partial charge in [-0.25, -0.2) is 4.98 Å². The summed E-state index contributed by atoms with van der Waals surface area (Å²) in [4.78, 5) is 40.4. The van der Waals surface area contributed by atoms with Crippen molar-refractivity contribution in [2.45, 2.75) is 6.92 Å². The van der Waals surface area contributed by atoms with Crippen molar-refractivity contribution < 1.29 is 9.59 Å². The topological polar surface area (TPSA) is 104 Å². The molecule has 0 fully saturated rings. The SMILES string of the molecule is CC(=O)NNC(=O)c1nc2ccccc2[nH]c1=O. The highest BCUT2D eigenvalue weighted by Gasteiger charge is 2.13. The first-order valence-corrected chi connectivity index (χ1v) is 5.14. The number of benzene rings is 1. The second kappa shape index (κ2) is 4.66. The molecular weight excluding hydrogens is 236 g/mol. The summed E-state index contributed by atoms with van der Waals surface area (Å²) in [5, 5.41) is 0. The summed E-state index contributed by atoms with van der Waals surface area (Å²) in [7, 11) is 0. The molecule has 0 spiro atoms. The Morgan fingerprint density at radius 1 is 1.22 bits per heavy atom. The van der Waals surface area contributed by atoms with Gasteiger partial charge in [-0.15, -0.1) is 0 Å². The Kier molecular flexibility index (Phi) is 3.05. The quantitative estimate of drug-likeness (QED) is 0.601. The summed E-state index contributed by atoms with van der Waals surface area (Å²) in [6.07, 6.45) is 0. The molecule has 0 unspecified atom stereocenters. The van der Waals surface area contributed by atoms with Crippen LogP contribution in [0.1, 0.15) is 17.4 Å². The maximum atomic E-state index is 11.6. The van der Waals surface area contributed by atoms with Crippen LogP contribution in [0.3, 0.4) is 0 Å². The third-order valence-electron chi connectivity index (χ3n) is 2.17. The molecule has 0 saturated heterocycles. The first-order valence-electron chi connectivity index (χ1n) is 5.14. The molecule has 2 rings (SSSR count). The molecule has 0 radical (unpaired) electrons. The summed E-state index contributed by atoms with van der Waals surface area (Å²) >= 11 is 0. The predicted molar refractivity (Wildman–Crippen MR) is 63.6 cm³/mol. The van der Waals surface area contributed by atoms with Gasteiger partial charge in [0.1, 0.15) is 0 Å². The van der Waals surface area contributed by atoms with E-state index in [-0.39, 0.29) is 5.69 Å². The molecule has 0 aliphatic carbocycles. The first-order chi connectivity index (χ1) is 8.58. The lowest BCUT2D eigenvalue weighted by atomic mass is 10.3. The number of hydrogen-bond acceptors (Lipinski definition) is 4. The van der Waals surface area contributed by atoms with E-state index in [1.54, 1.807) is 24.3 Å². The second-order valence-corrected chi connectivity index (χ2v) is 3.57. The van der Waals surface area contributed by atoms with Gasteiger partial charge >= 0.3 is 0 Å². The van der Waals surface area contributed by atoms with E-state index in [9.17, 15) is 14.4 Å². The van der Waals surface area contributed by atoms with Gasteiger partial charge in [-0.1, -0.05) is 12.1 Å². The van der Waals surface area contributed by atoms with Crippen LogP contribution in [-0.4, -0.2) is 21.8 Å². The number of carbonyl (C=O) groups excluding carboxylic acids is 2. The zero-order valence-corrected chi connectivity index (χ0v) is 9.48. The van der Waals surface area contributed by atoms with Crippen molar-refractivity contribution in [2.75, 3.05) is 0 Å². The van der Waals surface area contributed by atoms with Crippen molar-refractivity contribution in [2.24, 2.45) is 0 Å². The molecule has 0 bridgehead atoms. The van der Waals surface area contributed by atoms with Gasteiger partial charge in [-0.05, 0) is 12.1 Å². The van der Waals surface area contributed by atoms with Crippen LogP contribution in [0.25, 0.3) is 11.0 Å². The maximum Gasteiger partial charge on any atom is 0.294 e. The molecule has 0 saturated carbocycles. The molecule has 7 heteroatoms. The monoisotopic (exact) mass is 246 g/mol. The van der Waals surface area contributed by atoms with Crippen molar-refractivity contribution in [3.8, 4) is 0 Å². The number of nitrogens with zero attached hydrogens (tertiary/aromatic N) is 1. The Labute approximate surface area is 101 Å². The maximum absolute atomic E-state index is 11.6. The van der Waals surface area contributed by atoms with Gasteiger partial charge in [0.2, 0.25) is 5.91 Å². The molecule has 2 aromatic rings. The van der Waals surface area contributed by atoms with Gasteiger partial charge in [0.05, 0.1) is 11.0 Å². The highest BCUT2D eigenvalue weighted by Crippen LogP contribution is 2.05. The molecule has 0 aliphatic heterocycles.